The fourth-order valence-electron chi connectivity index (χ4n) is 4.34. The molecule has 3 aromatic carbocycles. The molecule has 0 aliphatic heterocycles. The van der Waals surface area contributed by atoms with Crippen molar-refractivity contribution in [2.45, 2.75) is 18.8 Å². The van der Waals surface area contributed by atoms with Crippen molar-refractivity contribution in [2.75, 3.05) is 27.7 Å². The predicted octanol–water partition coefficient (Wildman–Crippen LogP) is 7.26. The van der Waals surface area contributed by atoms with E-state index in [1.165, 1.54) is 16.7 Å². The van der Waals surface area contributed by atoms with E-state index in [0.717, 1.165) is 40.3 Å². The highest BCUT2D eigenvalue weighted by Gasteiger charge is 2.24. The summed E-state index contributed by atoms with van der Waals surface area (Å²) in [4.78, 5) is 7.14. The van der Waals surface area contributed by atoms with E-state index in [-0.39, 0.29) is 5.92 Å². The van der Waals surface area contributed by atoms with Gasteiger partial charge in [-0.15, -0.1) is 0 Å². The molecular weight excluding hydrogens is 484 g/mol. The molecule has 4 rings (SSSR count). The van der Waals surface area contributed by atoms with E-state index >= 15 is 0 Å². The minimum absolute atomic E-state index is 0.0516. The van der Waals surface area contributed by atoms with E-state index in [4.69, 9.17) is 9.72 Å². The van der Waals surface area contributed by atoms with Crippen LogP contribution in [0.1, 0.15) is 29.0 Å². The zero-order valence-corrected chi connectivity index (χ0v) is 21.6. The number of pyridine rings is 1. The van der Waals surface area contributed by atoms with Crippen molar-refractivity contribution in [1.29, 1.82) is 0 Å². The van der Waals surface area contributed by atoms with Crippen molar-refractivity contribution >= 4 is 26.8 Å². The molecule has 0 radical (unpaired) electrons. The number of benzene rings is 3. The molecule has 0 aliphatic carbocycles. The van der Waals surface area contributed by atoms with E-state index in [0.29, 0.717) is 5.88 Å². The van der Waals surface area contributed by atoms with Gasteiger partial charge in [0.1, 0.15) is 0 Å². The number of allylic oxidation sites excluding steroid dienone is 1. The van der Waals surface area contributed by atoms with Gasteiger partial charge in [0.25, 0.3) is 0 Å². The Labute approximate surface area is 211 Å². The summed E-state index contributed by atoms with van der Waals surface area (Å²) in [6, 6.07) is 29.8. The third-order valence-electron chi connectivity index (χ3n) is 6.07. The number of aromatic nitrogens is 1. The molecule has 0 N–H and O–H groups in total. The van der Waals surface area contributed by atoms with Crippen LogP contribution in [0.5, 0.6) is 5.88 Å². The van der Waals surface area contributed by atoms with Gasteiger partial charge in [-0.1, -0.05) is 88.2 Å². The van der Waals surface area contributed by atoms with Crippen LogP contribution in [0.15, 0.2) is 101 Å². The van der Waals surface area contributed by atoms with E-state index in [1.807, 2.05) is 12.1 Å². The number of rotatable bonds is 9. The molecule has 0 amide bonds. The SMILES string of the molecule is COc1nc2ccc(Br)cc2cc1C(/C(=C/Cc1ccccc1)CCN(C)C)c1ccccc1. The molecular formula is C30H31BrN2O. The van der Waals surface area contributed by atoms with E-state index in [1.54, 1.807) is 7.11 Å². The smallest absolute Gasteiger partial charge is 0.217 e. The van der Waals surface area contributed by atoms with Crippen LogP contribution < -0.4 is 4.74 Å². The lowest BCUT2D eigenvalue weighted by Crippen LogP contribution is -2.17. The number of methoxy groups -OCH3 is 1. The van der Waals surface area contributed by atoms with Crippen LogP contribution in [-0.2, 0) is 6.42 Å². The third-order valence-corrected chi connectivity index (χ3v) is 6.56. The summed E-state index contributed by atoms with van der Waals surface area (Å²) in [6.45, 7) is 0.971. The van der Waals surface area contributed by atoms with Crippen molar-refractivity contribution in [3.05, 3.63) is 118 Å². The lowest BCUT2D eigenvalue weighted by atomic mass is 9.82. The van der Waals surface area contributed by atoms with Crippen LogP contribution in [0, 0.1) is 0 Å². The Hall–Kier alpha value is -2.95. The molecule has 3 nitrogen and oxygen atoms in total. The van der Waals surface area contributed by atoms with Crippen LogP contribution in [0.25, 0.3) is 10.9 Å². The molecule has 0 saturated carbocycles. The fraction of sp³-hybridized carbons (Fsp3) is 0.233. The van der Waals surface area contributed by atoms with Gasteiger partial charge in [-0.25, -0.2) is 4.98 Å². The van der Waals surface area contributed by atoms with Gasteiger partial charge in [-0.3, -0.25) is 0 Å². The van der Waals surface area contributed by atoms with Crippen LogP contribution >= 0.6 is 15.9 Å². The monoisotopic (exact) mass is 514 g/mol. The number of halogens is 1. The van der Waals surface area contributed by atoms with Gasteiger partial charge in [0.15, 0.2) is 0 Å². The summed E-state index contributed by atoms with van der Waals surface area (Å²) in [7, 11) is 5.97. The molecule has 0 saturated heterocycles. The molecule has 0 fully saturated rings. The summed E-state index contributed by atoms with van der Waals surface area (Å²) in [5.41, 5.74) is 5.95. The maximum Gasteiger partial charge on any atom is 0.217 e. The molecule has 174 valence electrons. The van der Waals surface area contributed by atoms with Crippen molar-refractivity contribution in [3.8, 4) is 5.88 Å². The maximum atomic E-state index is 5.86. The summed E-state index contributed by atoms with van der Waals surface area (Å²) in [5, 5.41) is 1.10. The molecule has 0 bridgehead atoms. The highest BCUT2D eigenvalue weighted by Crippen LogP contribution is 2.40. The molecule has 1 heterocycles. The van der Waals surface area contributed by atoms with E-state index in [2.05, 4.69) is 114 Å². The Kier molecular flexibility index (Phi) is 8.15. The lowest BCUT2D eigenvalue weighted by Gasteiger charge is -2.25. The van der Waals surface area contributed by atoms with Crippen LogP contribution in [-0.4, -0.2) is 37.6 Å². The van der Waals surface area contributed by atoms with E-state index < -0.39 is 0 Å². The molecule has 4 heteroatoms. The summed E-state index contributed by atoms with van der Waals surface area (Å²) in [5.74, 6) is 0.731. The molecule has 1 atom stereocenters. The summed E-state index contributed by atoms with van der Waals surface area (Å²) < 4.78 is 6.91. The number of fused-ring (bicyclic) bond motifs is 1. The highest BCUT2D eigenvalue weighted by atomic mass is 79.9. The van der Waals surface area contributed by atoms with Crippen molar-refractivity contribution in [2.24, 2.45) is 0 Å². The second-order valence-electron chi connectivity index (χ2n) is 8.79. The Morgan fingerprint density at radius 1 is 0.971 bits per heavy atom. The number of nitrogens with zero attached hydrogens (tertiary/aromatic N) is 2. The molecule has 1 aromatic heterocycles. The first-order chi connectivity index (χ1) is 16.5. The molecule has 0 spiro atoms. The van der Waals surface area contributed by atoms with Crippen LogP contribution in [0.3, 0.4) is 0 Å². The first-order valence-electron chi connectivity index (χ1n) is 11.6. The maximum absolute atomic E-state index is 5.86. The van der Waals surface area contributed by atoms with Gasteiger partial charge >= 0.3 is 0 Å². The molecule has 0 aliphatic rings. The van der Waals surface area contributed by atoms with Gasteiger partial charge in [0, 0.05) is 27.9 Å². The van der Waals surface area contributed by atoms with Crippen LogP contribution in [0.2, 0.25) is 0 Å². The number of hydrogen-bond acceptors (Lipinski definition) is 3. The summed E-state index contributed by atoms with van der Waals surface area (Å²) in [6.07, 6.45) is 4.25. The van der Waals surface area contributed by atoms with Gasteiger partial charge in [0.05, 0.1) is 12.6 Å². The molecule has 4 aromatic rings. The number of hydrogen-bond donors (Lipinski definition) is 0. The molecule has 1 unspecified atom stereocenters. The standard InChI is InChI=1S/C30H31BrN2O/c1-33(2)19-18-24(15-14-22-10-6-4-7-11-22)29(23-12-8-5-9-13-23)27-21-25-20-26(31)16-17-28(25)32-30(27)34-3/h4-13,15-17,20-21,29H,14,18-19H2,1-3H3/b24-15+. The fourth-order valence-corrected chi connectivity index (χ4v) is 4.71. The zero-order chi connectivity index (χ0) is 23.9. The van der Waals surface area contributed by atoms with Gasteiger partial charge in [-0.05, 0) is 62.3 Å². The minimum Gasteiger partial charge on any atom is -0.481 e. The van der Waals surface area contributed by atoms with Crippen molar-refractivity contribution in [3.63, 3.8) is 0 Å². The Balaban J connectivity index is 1.88. The topological polar surface area (TPSA) is 25.4 Å². The number of ether oxygens (including phenoxy) is 1. The largest absolute Gasteiger partial charge is 0.481 e. The minimum atomic E-state index is 0.0516. The van der Waals surface area contributed by atoms with Crippen molar-refractivity contribution in [1.82, 2.24) is 9.88 Å². The normalized spacial score (nSPS) is 12.8. The highest BCUT2D eigenvalue weighted by molar-refractivity contribution is 9.10. The average molecular weight is 515 g/mol. The van der Waals surface area contributed by atoms with Gasteiger partial charge in [0.2, 0.25) is 5.88 Å². The average Bonchev–Trinajstić information content (AvgIpc) is 2.86. The van der Waals surface area contributed by atoms with Gasteiger partial charge in [-0.2, -0.15) is 0 Å². The Morgan fingerprint density at radius 3 is 2.35 bits per heavy atom. The zero-order valence-electron chi connectivity index (χ0n) is 20.0. The van der Waals surface area contributed by atoms with E-state index in [9.17, 15) is 0 Å². The predicted molar refractivity (Wildman–Crippen MR) is 146 cm³/mol. The second-order valence-corrected chi connectivity index (χ2v) is 9.71. The quantitative estimate of drug-likeness (QED) is 0.220. The third kappa shape index (κ3) is 5.94. The Bertz CT molecular complexity index is 1250. The second kappa shape index (κ2) is 11.5. The Morgan fingerprint density at radius 2 is 1.68 bits per heavy atom. The summed E-state index contributed by atoms with van der Waals surface area (Å²) >= 11 is 3.62. The lowest BCUT2D eigenvalue weighted by molar-refractivity contribution is 0.391. The molecule has 34 heavy (non-hydrogen) atoms. The first kappa shape index (κ1) is 24.2. The van der Waals surface area contributed by atoms with Crippen LogP contribution in [0.4, 0.5) is 0 Å². The van der Waals surface area contributed by atoms with Crippen molar-refractivity contribution < 1.29 is 4.74 Å². The van der Waals surface area contributed by atoms with Gasteiger partial charge < -0.3 is 9.64 Å². The first-order valence-corrected chi connectivity index (χ1v) is 12.4.